The molecule has 162 valence electrons. The second kappa shape index (κ2) is 8.10. The smallest absolute Gasteiger partial charge is 0.291 e. The van der Waals surface area contributed by atoms with Crippen LogP contribution in [0.1, 0.15) is 16.4 Å². The first-order valence-electron chi connectivity index (χ1n) is 10.0. The number of carbonyl (C=O) groups is 2. The van der Waals surface area contributed by atoms with Crippen molar-refractivity contribution < 1.29 is 23.5 Å². The van der Waals surface area contributed by atoms with Gasteiger partial charge in [-0.1, -0.05) is 12.1 Å². The predicted molar refractivity (Wildman–Crippen MR) is 116 cm³/mol. The summed E-state index contributed by atoms with van der Waals surface area (Å²) >= 11 is 0. The molecule has 0 spiro atoms. The number of imidazole rings is 1. The second-order valence-corrected chi connectivity index (χ2v) is 7.30. The number of ether oxygens (including phenoxy) is 2. The number of anilines is 1. The quantitative estimate of drug-likeness (QED) is 0.502. The summed E-state index contributed by atoms with van der Waals surface area (Å²) in [5.41, 5.74) is 2.16. The zero-order valence-corrected chi connectivity index (χ0v) is 17.2. The maximum absolute atomic E-state index is 12.6. The van der Waals surface area contributed by atoms with Gasteiger partial charge in [0.2, 0.25) is 6.10 Å². The third-order valence-corrected chi connectivity index (χ3v) is 5.20. The van der Waals surface area contributed by atoms with E-state index in [1.165, 1.54) is 6.26 Å². The van der Waals surface area contributed by atoms with E-state index in [1.807, 2.05) is 29.8 Å². The molecule has 0 saturated carbocycles. The number of fused-ring (bicyclic) bond motifs is 2. The fraction of sp³-hybridized carbons (Fsp3) is 0.174. The van der Waals surface area contributed by atoms with Gasteiger partial charge in [0.1, 0.15) is 12.4 Å². The van der Waals surface area contributed by atoms with Crippen LogP contribution in [0.2, 0.25) is 0 Å². The number of para-hydroxylation sites is 2. The molecule has 0 fully saturated rings. The van der Waals surface area contributed by atoms with Crippen molar-refractivity contribution in [3.8, 4) is 11.5 Å². The highest BCUT2D eigenvalue weighted by Gasteiger charge is 2.27. The molecule has 1 atom stereocenters. The lowest BCUT2D eigenvalue weighted by Crippen LogP contribution is -2.43. The van der Waals surface area contributed by atoms with Crippen LogP contribution in [-0.2, 0) is 18.4 Å². The zero-order valence-electron chi connectivity index (χ0n) is 17.2. The molecule has 0 aliphatic carbocycles. The molecule has 2 N–H and O–H groups in total. The first-order valence-corrected chi connectivity index (χ1v) is 10.0. The van der Waals surface area contributed by atoms with Crippen molar-refractivity contribution in [1.29, 1.82) is 0 Å². The number of hydrogen-bond donors (Lipinski definition) is 2. The third-order valence-electron chi connectivity index (χ3n) is 5.20. The molecule has 2 amide bonds. The maximum atomic E-state index is 12.6. The minimum Gasteiger partial charge on any atom is -0.485 e. The van der Waals surface area contributed by atoms with Crippen LogP contribution in [0.15, 0.2) is 65.3 Å². The number of nitrogens with zero attached hydrogens (tertiary/aromatic N) is 2. The van der Waals surface area contributed by atoms with E-state index in [-0.39, 0.29) is 30.7 Å². The number of furan rings is 1. The Morgan fingerprint density at radius 1 is 1.12 bits per heavy atom. The Bertz CT molecular complexity index is 1300. The van der Waals surface area contributed by atoms with E-state index in [9.17, 15) is 9.59 Å². The van der Waals surface area contributed by atoms with E-state index < -0.39 is 6.10 Å². The Balaban J connectivity index is 1.26. The number of aryl methyl sites for hydroxylation is 1. The number of carbonyl (C=O) groups excluding carboxylic acids is 2. The van der Waals surface area contributed by atoms with Gasteiger partial charge in [0.05, 0.1) is 23.8 Å². The minimum absolute atomic E-state index is 0.143. The van der Waals surface area contributed by atoms with E-state index >= 15 is 0 Å². The molecule has 0 radical (unpaired) electrons. The topological polar surface area (TPSA) is 108 Å². The van der Waals surface area contributed by atoms with Crippen LogP contribution in [0, 0.1) is 0 Å². The monoisotopic (exact) mass is 432 g/mol. The van der Waals surface area contributed by atoms with Gasteiger partial charge in [-0.25, -0.2) is 4.98 Å². The first-order chi connectivity index (χ1) is 15.6. The molecule has 2 aromatic heterocycles. The van der Waals surface area contributed by atoms with Gasteiger partial charge in [-0.2, -0.15) is 0 Å². The van der Waals surface area contributed by atoms with Gasteiger partial charge >= 0.3 is 0 Å². The van der Waals surface area contributed by atoms with E-state index in [4.69, 9.17) is 13.9 Å². The Labute approximate surface area is 182 Å². The second-order valence-electron chi connectivity index (χ2n) is 7.30. The fourth-order valence-electron chi connectivity index (χ4n) is 3.51. The van der Waals surface area contributed by atoms with E-state index in [1.54, 1.807) is 36.4 Å². The molecule has 1 aliphatic heterocycles. The van der Waals surface area contributed by atoms with Gasteiger partial charge in [-0.15, -0.1) is 0 Å². The van der Waals surface area contributed by atoms with Crippen molar-refractivity contribution in [3.05, 3.63) is 72.4 Å². The van der Waals surface area contributed by atoms with Gasteiger partial charge in [0.15, 0.2) is 17.3 Å². The van der Waals surface area contributed by atoms with Crippen molar-refractivity contribution >= 4 is 28.5 Å². The Morgan fingerprint density at radius 3 is 2.78 bits per heavy atom. The van der Waals surface area contributed by atoms with Crippen molar-refractivity contribution in [1.82, 2.24) is 14.9 Å². The lowest BCUT2D eigenvalue weighted by atomic mass is 10.2. The van der Waals surface area contributed by atoms with E-state index in [0.29, 0.717) is 28.5 Å². The summed E-state index contributed by atoms with van der Waals surface area (Å²) in [6.45, 7) is 0.365. The van der Waals surface area contributed by atoms with Gasteiger partial charge in [0, 0.05) is 12.7 Å². The van der Waals surface area contributed by atoms with Crippen LogP contribution < -0.4 is 20.1 Å². The standard InChI is InChI=1S/C23H20N4O5/c1-27-16-9-8-14(25-23(29)19-7-4-10-30-19)11-15(16)26-21(27)12-24-22(28)20-13-31-17-5-2-3-6-18(17)32-20/h2-11,20H,12-13H2,1H3,(H,24,28)(H,25,29). The lowest BCUT2D eigenvalue weighted by molar-refractivity contribution is -0.130. The highest BCUT2D eigenvalue weighted by atomic mass is 16.6. The summed E-state index contributed by atoms with van der Waals surface area (Å²) in [5, 5.41) is 5.64. The Kier molecular flexibility index (Phi) is 4.98. The van der Waals surface area contributed by atoms with Gasteiger partial charge in [-0.3, -0.25) is 9.59 Å². The minimum atomic E-state index is -0.733. The molecule has 1 aliphatic rings. The number of hydrogen-bond acceptors (Lipinski definition) is 6. The summed E-state index contributed by atoms with van der Waals surface area (Å²) in [6.07, 6.45) is 0.712. The fourth-order valence-corrected chi connectivity index (χ4v) is 3.51. The summed E-state index contributed by atoms with van der Waals surface area (Å²) in [7, 11) is 1.87. The highest BCUT2D eigenvalue weighted by Crippen LogP contribution is 2.30. The molecule has 0 saturated heterocycles. The number of benzene rings is 2. The lowest BCUT2D eigenvalue weighted by Gasteiger charge is -2.25. The van der Waals surface area contributed by atoms with Crippen molar-refractivity contribution in [3.63, 3.8) is 0 Å². The largest absolute Gasteiger partial charge is 0.485 e. The summed E-state index contributed by atoms with van der Waals surface area (Å²) in [6, 6.07) is 15.9. The molecular weight excluding hydrogens is 412 g/mol. The van der Waals surface area contributed by atoms with E-state index in [2.05, 4.69) is 15.6 Å². The van der Waals surface area contributed by atoms with Crippen LogP contribution in [0.4, 0.5) is 5.69 Å². The summed E-state index contributed by atoms with van der Waals surface area (Å²) in [4.78, 5) is 29.4. The molecular formula is C23H20N4O5. The molecule has 32 heavy (non-hydrogen) atoms. The summed E-state index contributed by atoms with van der Waals surface area (Å²) in [5.74, 6) is 1.45. The van der Waals surface area contributed by atoms with Crippen molar-refractivity contribution in [2.45, 2.75) is 12.6 Å². The third kappa shape index (κ3) is 3.76. The van der Waals surface area contributed by atoms with Crippen molar-refractivity contribution in [2.75, 3.05) is 11.9 Å². The maximum Gasteiger partial charge on any atom is 0.291 e. The van der Waals surface area contributed by atoms with Gasteiger partial charge in [-0.05, 0) is 42.5 Å². The predicted octanol–water partition coefficient (Wildman–Crippen LogP) is 2.87. The molecule has 0 bridgehead atoms. The van der Waals surface area contributed by atoms with Gasteiger partial charge < -0.3 is 29.1 Å². The molecule has 4 aromatic rings. The van der Waals surface area contributed by atoms with Crippen LogP contribution in [-0.4, -0.2) is 34.1 Å². The van der Waals surface area contributed by atoms with Crippen molar-refractivity contribution in [2.24, 2.45) is 7.05 Å². The Morgan fingerprint density at radius 2 is 1.97 bits per heavy atom. The first kappa shape index (κ1) is 19.7. The van der Waals surface area contributed by atoms with Crippen LogP contribution >= 0.6 is 0 Å². The van der Waals surface area contributed by atoms with Crippen LogP contribution in [0.5, 0.6) is 11.5 Å². The molecule has 1 unspecified atom stereocenters. The highest BCUT2D eigenvalue weighted by molar-refractivity contribution is 6.03. The molecule has 3 heterocycles. The number of aromatic nitrogens is 2. The summed E-state index contributed by atoms with van der Waals surface area (Å²) < 4.78 is 18.3. The molecule has 9 heteroatoms. The Hall–Kier alpha value is -4.27. The van der Waals surface area contributed by atoms with Crippen LogP contribution in [0.25, 0.3) is 11.0 Å². The molecule has 9 nitrogen and oxygen atoms in total. The average Bonchev–Trinajstić information content (AvgIpc) is 3.46. The number of rotatable bonds is 5. The number of amides is 2. The normalized spacial score (nSPS) is 14.8. The van der Waals surface area contributed by atoms with Crippen LogP contribution in [0.3, 0.4) is 0 Å². The zero-order chi connectivity index (χ0) is 22.1. The van der Waals surface area contributed by atoms with Gasteiger partial charge in [0.25, 0.3) is 11.8 Å². The number of nitrogens with one attached hydrogen (secondary N) is 2. The van der Waals surface area contributed by atoms with E-state index in [0.717, 1.165) is 5.52 Å². The molecule has 2 aromatic carbocycles. The molecule has 5 rings (SSSR count). The SMILES string of the molecule is Cn1c(CNC(=O)C2COc3ccccc3O2)nc2cc(NC(=O)c3ccco3)ccc21. The average molecular weight is 432 g/mol.